The standard InChI is InChI=1S/C20H17N3/c1-12-17(13-2-5-15(21)6-3-13)8-4-14-11-23-19-10-16(22)7-9-18(19)20(12)14/h2-11H,21-22H2,1H3. The summed E-state index contributed by atoms with van der Waals surface area (Å²) in [5.74, 6) is 0. The van der Waals surface area contributed by atoms with Crippen LogP contribution in [-0.4, -0.2) is 4.98 Å². The van der Waals surface area contributed by atoms with Gasteiger partial charge in [-0.25, -0.2) is 0 Å². The van der Waals surface area contributed by atoms with E-state index in [1.165, 1.54) is 22.1 Å². The minimum absolute atomic E-state index is 0.733. The Kier molecular flexibility index (Phi) is 2.95. The molecule has 112 valence electrons. The Morgan fingerprint density at radius 1 is 0.826 bits per heavy atom. The van der Waals surface area contributed by atoms with Crippen LogP contribution < -0.4 is 11.5 Å². The molecule has 0 saturated heterocycles. The van der Waals surface area contributed by atoms with E-state index in [1.54, 1.807) is 0 Å². The molecular weight excluding hydrogens is 282 g/mol. The van der Waals surface area contributed by atoms with Gasteiger partial charge >= 0.3 is 0 Å². The lowest BCUT2D eigenvalue weighted by molar-refractivity contribution is 1.43. The maximum Gasteiger partial charge on any atom is 0.0729 e. The smallest absolute Gasteiger partial charge is 0.0729 e. The number of aromatic nitrogens is 1. The van der Waals surface area contributed by atoms with E-state index in [-0.39, 0.29) is 0 Å². The van der Waals surface area contributed by atoms with Crippen molar-refractivity contribution >= 4 is 33.1 Å². The topological polar surface area (TPSA) is 64.9 Å². The first kappa shape index (κ1) is 13.6. The van der Waals surface area contributed by atoms with Gasteiger partial charge in [-0.15, -0.1) is 0 Å². The molecule has 0 aliphatic rings. The van der Waals surface area contributed by atoms with Gasteiger partial charge in [-0.3, -0.25) is 4.98 Å². The van der Waals surface area contributed by atoms with E-state index in [2.05, 4.69) is 42.2 Å². The SMILES string of the molecule is Cc1c(-c2ccc(N)cc2)ccc2cnc3cc(N)ccc3c12. The van der Waals surface area contributed by atoms with Gasteiger partial charge < -0.3 is 11.5 Å². The van der Waals surface area contributed by atoms with E-state index in [9.17, 15) is 0 Å². The van der Waals surface area contributed by atoms with Crippen LogP contribution in [0.1, 0.15) is 5.56 Å². The molecule has 4 rings (SSSR count). The maximum absolute atomic E-state index is 5.89. The Balaban J connectivity index is 2.06. The lowest BCUT2D eigenvalue weighted by Crippen LogP contribution is -1.91. The van der Waals surface area contributed by atoms with Crippen molar-refractivity contribution in [3.8, 4) is 11.1 Å². The Hall–Kier alpha value is -3.07. The van der Waals surface area contributed by atoms with Crippen molar-refractivity contribution in [3.05, 3.63) is 66.4 Å². The van der Waals surface area contributed by atoms with Crippen molar-refractivity contribution in [1.29, 1.82) is 0 Å². The van der Waals surface area contributed by atoms with Gasteiger partial charge in [0, 0.05) is 28.3 Å². The van der Waals surface area contributed by atoms with E-state index in [0.29, 0.717) is 0 Å². The molecule has 0 aliphatic heterocycles. The van der Waals surface area contributed by atoms with Gasteiger partial charge in [-0.1, -0.05) is 30.3 Å². The first-order valence-electron chi connectivity index (χ1n) is 7.57. The van der Waals surface area contributed by atoms with Gasteiger partial charge in [0.1, 0.15) is 0 Å². The van der Waals surface area contributed by atoms with E-state index < -0.39 is 0 Å². The Labute approximate surface area is 134 Å². The zero-order valence-corrected chi connectivity index (χ0v) is 12.9. The predicted molar refractivity (Wildman–Crippen MR) is 98.2 cm³/mol. The van der Waals surface area contributed by atoms with Crippen molar-refractivity contribution < 1.29 is 0 Å². The second-order valence-corrected chi connectivity index (χ2v) is 5.86. The van der Waals surface area contributed by atoms with E-state index in [4.69, 9.17) is 11.5 Å². The monoisotopic (exact) mass is 299 g/mol. The summed E-state index contributed by atoms with van der Waals surface area (Å²) in [7, 11) is 0. The minimum Gasteiger partial charge on any atom is -0.399 e. The van der Waals surface area contributed by atoms with Gasteiger partial charge in [-0.2, -0.15) is 0 Å². The third-order valence-corrected chi connectivity index (χ3v) is 4.35. The summed E-state index contributed by atoms with van der Waals surface area (Å²) >= 11 is 0. The number of nitrogen functional groups attached to an aromatic ring is 2. The number of nitrogens with zero attached hydrogens (tertiary/aromatic N) is 1. The van der Waals surface area contributed by atoms with Gasteiger partial charge in [0.15, 0.2) is 0 Å². The fraction of sp³-hybridized carbons (Fsp3) is 0.0500. The molecule has 1 heterocycles. The normalized spacial score (nSPS) is 11.2. The third kappa shape index (κ3) is 2.18. The largest absolute Gasteiger partial charge is 0.399 e. The van der Waals surface area contributed by atoms with Gasteiger partial charge in [-0.05, 0) is 53.3 Å². The maximum atomic E-state index is 5.89. The summed E-state index contributed by atoms with van der Waals surface area (Å²) in [6.45, 7) is 2.16. The molecule has 0 spiro atoms. The second kappa shape index (κ2) is 4.99. The Morgan fingerprint density at radius 3 is 2.35 bits per heavy atom. The zero-order valence-electron chi connectivity index (χ0n) is 12.9. The Morgan fingerprint density at radius 2 is 1.57 bits per heavy atom. The second-order valence-electron chi connectivity index (χ2n) is 5.86. The van der Waals surface area contributed by atoms with Crippen LogP contribution in [0.15, 0.2) is 60.8 Å². The van der Waals surface area contributed by atoms with Crippen LogP contribution in [-0.2, 0) is 0 Å². The van der Waals surface area contributed by atoms with Crippen LogP contribution in [0.5, 0.6) is 0 Å². The fourth-order valence-corrected chi connectivity index (χ4v) is 3.18. The lowest BCUT2D eigenvalue weighted by atomic mass is 9.93. The summed E-state index contributed by atoms with van der Waals surface area (Å²) in [5, 5.41) is 3.50. The van der Waals surface area contributed by atoms with Crippen molar-refractivity contribution in [1.82, 2.24) is 4.98 Å². The first-order valence-corrected chi connectivity index (χ1v) is 7.57. The molecule has 3 aromatic carbocycles. The Bertz CT molecular complexity index is 1030. The van der Waals surface area contributed by atoms with Gasteiger partial charge in [0.25, 0.3) is 0 Å². The third-order valence-electron chi connectivity index (χ3n) is 4.35. The number of anilines is 2. The summed E-state index contributed by atoms with van der Waals surface area (Å²) in [6.07, 6.45) is 1.91. The van der Waals surface area contributed by atoms with Crippen LogP contribution in [0.3, 0.4) is 0 Å². The van der Waals surface area contributed by atoms with Gasteiger partial charge in [0.2, 0.25) is 0 Å². The molecular formula is C20H17N3. The average molecular weight is 299 g/mol. The predicted octanol–water partition coefficient (Wildman–Crippen LogP) is 4.53. The molecule has 4 N–H and O–H groups in total. The van der Waals surface area contributed by atoms with Crippen molar-refractivity contribution in [2.45, 2.75) is 6.92 Å². The number of benzene rings is 3. The number of aryl methyl sites for hydroxylation is 1. The van der Waals surface area contributed by atoms with Crippen LogP contribution in [0.4, 0.5) is 11.4 Å². The fourth-order valence-electron chi connectivity index (χ4n) is 3.18. The molecule has 0 atom stereocenters. The molecule has 0 radical (unpaired) electrons. The first-order chi connectivity index (χ1) is 11.1. The molecule has 3 nitrogen and oxygen atoms in total. The summed E-state index contributed by atoms with van der Waals surface area (Å²) in [4.78, 5) is 4.53. The number of hydrogen-bond donors (Lipinski definition) is 2. The number of fused-ring (bicyclic) bond motifs is 3. The number of pyridine rings is 1. The minimum atomic E-state index is 0.733. The molecule has 0 fully saturated rings. The van der Waals surface area contributed by atoms with Crippen LogP contribution >= 0.6 is 0 Å². The van der Waals surface area contributed by atoms with Crippen LogP contribution in [0.2, 0.25) is 0 Å². The highest BCUT2D eigenvalue weighted by Crippen LogP contribution is 2.34. The molecule has 4 aromatic rings. The van der Waals surface area contributed by atoms with E-state index >= 15 is 0 Å². The van der Waals surface area contributed by atoms with Crippen LogP contribution in [0, 0.1) is 6.92 Å². The number of nitrogens with two attached hydrogens (primary N) is 2. The molecule has 0 amide bonds. The number of hydrogen-bond acceptors (Lipinski definition) is 3. The molecule has 23 heavy (non-hydrogen) atoms. The van der Waals surface area contributed by atoms with Crippen molar-refractivity contribution in [2.75, 3.05) is 11.5 Å². The van der Waals surface area contributed by atoms with Crippen molar-refractivity contribution in [3.63, 3.8) is 0 Å². The van der Waals surface area contributed by atoms with E-state index in [0.717, 1.165) is 27.7 Å². The summed E-state index contributed by atoms with van der Waals surface area (Å²) < 4.78 is 0. The van der Waals surface area contributed by atoms with Gasteiger partial charge in [0.05, 0.1) is 5.52 Å². The molecule has 1 aromatic heterocycles. The van der Waals surface area contributed by atoms with Crippen molar-refractivity contribution in [2.24, 2.45) is 0 Å². The quantitative estimate of drug-likeness (QED) is 0.401. The lowest BCUT2D eigenvalue weighted by Gasteiger charge is -2.12. The van der Waals surface area contributed by atoms with E-state index in [1.807, 2.05) is 30.5 Å². The van der Waals surface area contributed by atoms with Crippen LogP contribution in [0.25, 0.3) is 32.8 Å². The molecule has 0 aliphatic carbocycles. The summed E-state index contributed by atoms with van der Waals surface area (Å²) in [5.41, 5.74) is 17.7. The highest BCUT2D eigenvalue weighted by atomic mass is 14.7. The highest BCUT2D eigenvalue weighted by molar-refractivity contribution is 6.09. The molecule has 0 unspecified atom stereocenters. The summed E-state index contributed by atoms with van der Waals surface area (Å²) in [6, 6.07) is 18.2. The molecule has 0 bridgehead atoms. The number of rotatable bonds is 1. The molecule has 3 heteroatoms. The highest BCUT2D eigenvalue weighted by Gasteiger charge is 2.10. The zero-order chi connectivity index (χ0) is 16.0. The molecule has 0 saturated carbocycles. The average Bonchev–Trinajstić information content (AvgIpc) is 2.56.